The quantitative estimate of drug-likeness (QED) is 0.828. The van der Waals surface area contributed by atoms with Crippen LogP contribution in [-0.2, 0) is 4.79 Å². The molecule has 0 bridgehead atoms. The maximum atomic E-state index is 13.0. The Labute approximate surface area is 168 Å². The van der Waals surface area contributed by atoms with Crippen LogP contribution >= 0.6 is 0 Å². The molecular weight excluding hydrogens is 370 g/mol. The first-order chi connectivity index (χ1) is 13.9. The number of carbonyl (C=O) groups excluding carboxylic acids is 2. The maximum Gasteiger partial charge on any atom is 0.273 e. The van der Waals surface area contributed by atoms with Gasteiger partial charge < -0.3 is 15.1 Å². The molecule has 1 aliphatic carbocycles. The highest BCUT2D eigenvalue weighted by Crippen LogP contribution is 2.51. The molecule has 2 aromatic rings. The summed E-state index contributed by atoms with van der Waals surface area (Å²) in [5.41, 5.74) is 0.0624. The van der Waals surface area contributed by atoms with Gasteiger partial charge in [0.25, 0.3) is 5.91 Å². The van der Waals surface area contributed by atoms with Crippen molar-refractivity contribution in [3.8, 4) is 6.07 Å². The Bertz CT molecular complexity index is 995. The van der Waals surface area contributed by atoms with E-state index in [4.69, 9.17) is 0 Å². The summed E-state index contributed by atoms with van der Waals surface area (Å²) < 4.78 is 0. The summed E-state index contributed by atoms with van der Waals surface area (Å²) in [4.78, 5) is 40.5. The van der Waals surface area contributed by atoms with Gasteiger partial charge in [0.05, 0.1) is 18.5 Å². The van der Waals surface area contributed by atoms with Gasteiger partial charge in [0, 0.05) is 38.6 Å². The third kappa shape index (κ3) is 3.38. The predicted octanol–water partition coefficient (Wildman–Crippen LogP) is 1.97. The monoisotopic (exact) mass is 391 g/mol. The van der Waals surface area contributed by atoms with Crippen LogP contribution in [0.2, 0.25) is 0 Å². The van der Waals surface area contributed by atoms with Crippen molar-refractivity contribution in [1.82, 2.24) is 19.9 Å². The number of hydrogen-bond acceptors (Lipinski definition) is 7. The molecule has 0 spiro atoms. The molecule has 1 saturated heterocycles. The highest BCUT2D eigenvalue weighted by atomic mass is 16.2. The normalized spacial score (nSPS) is 21.0. The Morgan fingerprint density at radius 3 is 2.69 bits per heavy atom. The summed E-state index contributed by atoms with van der Waals surface area (Å²) in [5, 5.41) is 12.7. The number of anilines is 3. The number of aromatic nitrogens is 3. The van der Waals surface area contributed by atoms with E-state index >= 15 is 0 Å². The van der Waals surface area contributed by atoms with Crippen molar-refractivity contribution in [2.45, 2.75) is 19.3 Å². The smallest absolute Gasteiger partial charge is 0.273 e. The lowest BCUT2D eigenvalue weighted by Crippen LogP contribution is -2.35. The van der Waals surface area contributed by atoms with Crippen molar-refractivity contribution in [1.29, 1.82) is 5.26 Å². The molecular formula is C20H21N7O2. The minimum atomic E-state index is -0.878. The van der Waals surface area contributed by atoms with E-state index in [0.29, 0.717) is 30.3 Å². The van der Waals surface area contributed by atoms with Crippen molar-refractivity contribution in [2.75, 3.05) is 30.9 Å². The van der Waals surface area contributed by atoms with Crippen molar-refractivity contribution in [3.05, 3.63) is 36.4 Å². The van der Waals surface area contributed by atoms with E-state index in [0.717, 1.165) is 12.8 Å². The molecule has 1 atom stereocenters. The first-order valence-corrected chi connectivity index (χ1v) is 9.44. The fourth-order valence-electron chi connectivity index (χ4n) is 3.65. The van der Waals surface area contributed by atoms with E-state index in [1.807, 2.05) is 0 Å². The zero-order valence-electron chi connectivity index (χ0n) is 16.3. The van der Waals surface area contributed by atoms with Gasteiger partial charge in [0.2, 0.25) is 5.91 Å². The van der Waals surface area contributed by atoms with E-state index in [-0.39, 0.29) is 23.4 Å². The standard InChI is InChI=1S/C20H21N7O2/c1-26(2)18(28)15-10-24-17(11-23-15)25-16-9-14(5-7-22-16)27-8-6-20(12-21,19(27)29)13-3-4-13/h5,7,9-11,13H,3-4,6,8H2,1-2H3,(H,22,24,25)/t20-/m1/s1. The van der Waals surface area contributed by atoms with Gasteiger partial charge in [-0.3, -0.25) is 9.59 Å². The molecule has 0 unspecified atom stereocenters. The number of nitrogens with zero attached hydrogens (tertiary/aromatic N) is 6. The van der Waals surface area contributed by atoms with Gasteiger partial charge in [-0.05, 0) is 31.2 Å². The molecule has 29 heavy (non-hydrogen) atoms. The molecule has 9 heteroatoms. The van der Waals surface area contributed by atoms with Gasteiger partial charge in [-0.25, -0.2) is 15.0 Å². The van der Waals surface area contributed by atoms with Crippen LogP contribution in [0.5, 0.6) is 0 Å². The maximum absolute atomic E-state index is 13.0. The molecule has 2 amide bonds. The van der Waals surface area contributed by atoms with Gasteiger partial charge in [-0.1, -0.05) is 0 Å². The Morgan fingerprint density at radius 2 is 2.07 bits per heavy atom. The van der Waals surface area contributed by atoms with Gasteiger partial charge in [-0.2, -0.15) is 5.26 Å². The zero-order chi connectivity index (χ0) is 20.6. The number of hydrogen-bond donors (Lipinski definition) is 1. The van der Waals surface area contributed by atoms with Crippen LogP contribution in [0.1, 0.15) is 29.8 Å². The molecule has 148 valence electrons. The lowest BCUT2D eigenvalue weighted by atomic mass is 9.83. The molecule has 2 aromatic heterocycles. The number of rotatable bonds is 5. The third-order valence-corrected chi connectivity index (χ3v) is 5.42. The average molecular weight is 391 g/mol. The first kappa shape index (κ1) is 18.8. The van der Waals surface area contributed by atoms with Crippen LogP contribution in [-0.4, -0.2) is 52.3 Å². The number of carbonyl (C=O) groups is 2. The van der Waals surface area contributed by atoms with E-state index in [9.17, 15) is 14.9 Å². The van der Waals surface area contributed by atoms with Gasteiger partial charge in [0.15, 0.2) is 0 Å². The average Bonchev–Trinajstić information content (AvgIpc) is 3.52. The minimum Gasteiger partial charge on any atom is -0.343 e. The van der Waals surface area contributed by atoms with Gasteiger partial charge in [-0.15, -0.1) is 0 Å². The van der Waals surface area contributed by atoms with Crippen molar-refractivity contribution >= 4 is 29.1 Å². The number of amides is 2. The zero-order valence-corrected chi connectivity index (χ0v) is 16.3. The summed E-state index contributed by atoms with van der Waals surface area (Å²) in [5.74, 6) is 0.765. The fourth-order valence-corrected chi connectivity index (χ4v) is 3.65. The Balaban J connectivity index is 1.50. The van der Waals surface area contributed by atoms with Crippen LogP contribution in [0.25, 0.3) is 0 Å². The largest absolute Gasteiger partial charge is 0.343 e. The van der Waals surface area contributed by atoms with Crippen LogP contribution in [0, 0.1) is 22.7 Å². The predicted molar refractivity (Wildman–Crippen MR) is 105 cm³/mol. The van der Waals surface area contributed by atoms with Crippen molar-refractivity contribution in [3.63, 3.8) is 0 Å². The molecule has 4 rings (SSSR count). The molecule has 3 heterocycles. The highest BCUT2D eigenvalue weighted by Gasteiger charge is 2.56. The molecule has 2 fully saturated rings. The lowest BCUT2D eigenvalue weighted by molar-refractivity contribution is -0.123. The molecule has 2 aliphatic rings. The number of nitrogens with one attached hydrogen (secondary N) is 1. The summed E-state index contributed by atoms with van der Waals surface area (Å²) in [6.45, 7) is 0.521. The van der Waals surface area contributed by atoms with E-state index in [1.54, 1.807) is 37.3 Å². The first-order valence-electron chi connectivity index (χ1n) is 9.44. The number of pyridine rings is 1. The second kappa shape index (κ2) is 7.13. The Kier molecular flexibility index (Phi) is 4.62. The van der Waals surface area contributed by atoms with Crippen LogP contribution in [0.4, 0.5) is 17.3 Å². The van der Waals surface area contributed by atoms with Crippen LogP contribution < -0.4 is 10.2 Å². The van der Waals surface area contributed by atoms with Crippen LogP contribution in [0.3, 0.4) is 0 Å². The molecule has 9 nitrogen and oxygen atoms in total. The van der Waals surface area contributed by atoms with E-state index < -0.39 is 5.41 Å². The second-order valence-corrected chi connectivity index (χ2v) is 7.57. The number of nitriles is 1. The molecule has 0 radical (unpaired) electrons. The van der Waals surface area contributed by atoms with Crippen molar-refractivity contribution in [2.24, 2.45) is 11.3 Å². The molecule has 0 aromatic carbocycles. The highest BCUT2D eigenvalue weighted by molar-refractivity contribution is 6.02. The van der Waals surface area contributed by atoms with Gasteiger partial charge >= 0.3 is 0 Å². The SMILES string of the molecule is CN(C)C(=O)c1cnc(Nc2cc(N3CC[C@@](C#N)(C4CC4)C3=O)ccn2)cn1. The second-order valence-electron chi connectivity index (χ2n) is 7.57. The lowest BCUT2D eigenvalue weighted by Gasteiger charge is -2.21. The Morgan fingerprint density at radius 1 is 1.28 bits per heavy atom. The summed E-state index contributed by atoms with van der Waals surface area (Å²) in [6.07, 6.45) is 6.91. The summed E-state index contributed by atoms with van der Waals surface area (Å²) in [7, 11) is 3.30. The summed E-state index contributed by atoms with van der Waals surface area (Å²) >= 11 is 0. The molecule has 1 saturated carbocycles. The van der Waals surface area contributed by atoms with E-state index in [1.165, 1.54) is 17.3 Å². The van der Waals surface area contributed by atoms with Crippen LogP contribution in [0.15, 0.2) is 30.7 Å². The third-order valence-electron chi connectivity index (χ3n) is 5.42. The van der Waals surface area contributed by atoms with Crippen molar-refractivity contribution < 1.29 is 9.59 Å². The van der Waals surface area contributed by atoms with Gasteiger partial charge in [0.1, 0.15) is 22.7 Å². The minimum absolute atomic E-state index is 0.119. The molecule has 1 aliphatic heterocycles. The summed E-state index contributed by atoms with van der Waals surface area (Å²) in [6, 6.07) is 5.80. The molecule has 1 N–H and O–H groups in total. The fraction of sp³-hybridized carbons (Fsp3) is 0.400. The Hall–Kier alpha value is -3.54. The topological polar surface area (TPSA) is 115 Å². The van der Waals surface area contributed by atoms with E-state index in [2.05, 4.69) is 26.3 Å².